The maximum atomic E-state index is 3.62. The van der Waals surface area contributed by atoms with Crippen molar-refractivity contribution in [1.29, 1.82) is 0 Å². The highest BCUT2D eigenvalue weighted by atomic mass is 14.9. The average molecular weight is 522 g/mol. The Morgan fingerprint density at radius 2 is 0.975 bits per heavy atom. The van der Waals surface area contributed by atoms with Gasteiger partial charge in [-0.3, -0.25) is 0 Å². The third-order valence-electron chi connectivity index (χ3n) is 7.79. The molecule has 0 bridgehead atoms. The third-order valence-corrected chi connectivity index (χ3v) is 7.79. The van der Waals surface area contributed by atoms with E-state index in [-0.39, 0.29) is 11.8 Å². The normalized spacial score (nSPS) is 12.4. The molecule has 0 N–H and O–H groups in total. The van der Waals surface area contributed by atoms with Gasteiger partial charge in [0.05, 0.1) is 11.8 Å². The second-order valence-electron chi connectivity index (χ2n) is 10.6. The van der Waals surface area contributed by atoms with Crippen molar-refractivity contribution in [3.05, 3.63) is 119 Å². The van der Waals surface area contributed by atoms with Gasteiger partial charge in [-0.05, 0) is 59.4 Å². The molecule has 0 saturated carbocycles. The molecule has 5 aromatic rings. The van der Waals surface area contributed by atoms with Crippen LogP contribution in [-0.4, -0.2) is 4.57 Å². The first-order valence-electron chi connectivity index (χ1n) is 14.8. The molecule has 200 valence electrons. The van der Waals surface area contributed by atoms with Crippen molar-refractivity contribution < 1.29 is 0 Å². The molecule has 0 radical (unpaired) electrons. The number of aromatic nitrogens is 1. The van der Waals surface area contributed by atoms with E-state index < -0.39 is 0 Å². The van der Waals surface area contributed by atoms with Crippen LogP contribution in [0, 0.1) is 23.7 Å². The molecule has 0 saturated heterocycles. The lowest BCUT2D eigenvalue weighted by molar-refractivity contribution is 0.827. The maximum Gasteiger partial charge on any atom is 0.0702 e. The molecule has 1 aromatic heterocycles. The minimum Gasteiger partial charge on any atom is -0.344 e. The van der Waals surface area contributed by atoms with Gasteiger partial charge < -0.3 is 4.57 Å². The Hall–Kier alpha value is -4.20. The first-order valence-corrected chi connectivity index (χ1v) is 14.8. The molecular weight excluding hydrogens is 482 g/mol. The van der Waals surface area contributed by atoms with Gasteiger partial charge in [-0.25, -0.2) is 0 Å². The van der Waals surface area contributed by atoms with Crippen LogP contribution < -0.4 is 0 Å². The Balaban J connectivity index is 1.63. The smallest absolute Gasteiger partial charge is 0.0702 e. The van der Waals surface area contributed by atoms with E-state index in [1.807, 2.05) is 0 Å². The Labute approximate surface area is 240 Å². The molecule has 4 aromatic carbocycles. The van der Waals surface area contributed by atoms with Gasteiger partial charge in [0, 0.05) is 41.7 Å². The zero-order valence-electron chi connectivity index (χ0n) is 24.1. The lowest BCUT2D eigenvalue weighted by Crippen LogP contribution is -1.99. The predicted octanol–water partition coefficient (Wildman–Crippen LogP) is 9.98. The number of fused-ring (bicyclic) bond motifs is 3. The second-order valence-corrected chi connectivity index (χ2v) is 10.6. The summed E-state index contributed by atoms with van der Waals surface area (Å²) in [6, 6.07) is 35.2. The van der Waals surface area contributed by atoms with Gasteiger partial charge in [0.2, 0.25) is 0 Å². The Bertz CT molecular complexity index is 1560. The molecule has 2 atom stereocenters. The molecule has 0 aliphatic rings. The summed E-state index contributed by atoms with van der Waals surface area (Å²) in [6.07, 6.45) is 6.51. The average Bonchev–Trinajstić information content (AvgIpc) is 3.28. The molecule has 0 aliphatic carbocycles. The zero-order valence-corrected chi connectivity index (χ0v) is 24.1. The SMILES string of the molecule is CCCCC#CC(c1ccccc1)c1ccc2c(c1)c1cc(C(C#CCCCC)c3ccccc3)ccc1n2C. The standard InChI is InChI=1S/C39H39N/c1-4-6-8-16-22-34(30-18-12-10-13-19-30)32-24-26-38-36(28-32)37-29-33(25-27-39(37)40(38)3)35(23-17-9-7-5-2)31-20-14-11-15-21-31/h10-15,18-21,24-29,34-35H,4-9H2,1-3H3. The van der Waals surface area contributed by atoms with Gasteiger partial charge in [-0.1, -0.05) is 111 Å². The molecule has 2 unspecified atom stereocenters. The quantitative estimate of drug-likeness (QED) is 0.141. The number of aryl methyl sites for hydroxylation is 1. The van der Waals surface area contributed by atoms with Crippen LogP contribution in [0.15, 0.2) is 97.1 Å². The fourth-order valence-corrected chi connectivity index (χ4v) is 5.50. The summed E-state index contributed by atoms with van der Waals surface area (Å²) < 4.78 is 2.31. The molecule has 1 nitrogen and oxygen atoms in total. The van der Waals surface area contributed by atoms with E-state index in [9.17, 15) is 0 Å². The first-order chi connectivity index (χ1) is 19.7. The predicted molar refractivity (Wildman–Crippen MR) is 172 cm³/mol. The molecule has 0 aliphatic heterocycles. The van der Waals surface area contributed by atoms with E-state index in [1.165, 1.54) is 56.9 Å². The minimum absolute atomic E-state index is 0.0578. The first kappa shape index (κ1) is 27.4. The molecule has 0 spiro atoms. The molecule has 40 heavy (non-hydrogen) atoms. The Kier molecular flexibility index (Phi) is 9.06. The molecule has 1 heteroatoms. The highest BCUT2D eigenvalue weighted by Crippen LogP contribution is 2.35. The van der Waals surface area contributed by atoms with Crippen molar-refractivity contribution in [3.63, 3.8) is 0 Å². The van der Waals surface area contributed by atoms with Crippen LogP contribution in [0.25, 0.3) is 21.8 Å². The van der Waals surface area contributed by atoms with Gasteiger partial charge in [0.1, 0.15) is 0 Å². The van der Waals surface area contributed by atoms with Crippen LogP contribution in [0.5, 0.6) is 0 Å². The van der Waals surface area contributed by atoms with E-state index in [1.54, 1.807) is 0 Å². The van der Waals surface area contributed by atoms with Crippen LogP contribution in [0.1, 0.15) is 86.5 Å². The van der Waals surface area contributed by atoms with Crippen molar-refractivity contribution in [3.8, 4) is 23.7 Å². The van der Waals surface area contributed by atoms with E-state index in [0.717, 1.165) is 25.7 Å². The summed E-state index contributed by atoms with van der Waals surface area (Å²) in [7, 11) is 2.17. The van der Waals surface area contributed by atoms with Crippen LogP contribution in [0.2, 0.25) is 0 Å². The molecule has 0 fully saturated rings. The second kappa shape index (κ2) is 13.2. The number of rotatable bonds is 8. The maximum absolute atomic E-state index is 3.62. The number of nitrogens with zero attached hydrogens (tertiary/aromatic N) is 1. The fourth-order valence-electron chi connectivity index (χ4n) is 5.50. The van der Waals surface area contributed by atoms with Gasteiger partial charge >= 0.3 is 0 Å². The van der Waals surface area contributed by atoms with Crippen molar-refractivity contribution in [1.82, 2.24) is 4.57 Å². The van der Waals surface area contributed by atoms with Gasteiger partial charge in [-0.2, -0.15) is 0 Å². The van der Waals surface area contributed by atoms with Crippen LogP contribution >= 0.6 is 0 Å². The fraction of sp³-hybridized carbons (Fsp3) is 0.282. The monoisotopic (exact) mass is 521 g/mol. The van der Waals surface area contributed by atoms with E-state index in [4.69, 9.17) is 0 Å². The number of hydrogen-bond donors (Lipinski definition) is 0. The Morgan fingerprint density at radius 1 is 0.550 bits per heavy atom. The molecule has 0 amide bonds. The van der Waals surface area contributed by atoms with Crippen molar-refractivity contribution in [2.24, 2.45) is 7.05 Å². The zero-order chi connectivity index (χ0) is 27.7. The van der Waals surface area contributed by atoms with E-state index in [2.05, 4.69) is 146 Å². The number of unbranched alkanes of at least 4 members (excludes halogenated alkanes) is 4. The molecule has 5 rings (SSSR count). The van der Waals surface area contributed by atoms with Crippen molar-refractivity contribution >= 4 is 21.8 Å². The number of benzene rings is 4. The summed E-state index contributed by atoms with van der Waals surface area (Å²) >= 11 is 0. The summed E-state index contributed by atoms with van der Waals surface area (Å²) in [4.78, 5) is 0. The lowest BCUT2D eigenvalue weighted by atomic mass is 9.89. The highest BCUT2D eigenvalue weighted by Gasteiger charge is 2.17. The van der Waals surface area contributed by atoms with Crippen molar-refractivity contribution in [2.75, 3.05) is 0 Å². The highest BCUT2D eigenvalue weighted by molar-refractivity contribution is 6.08. The van der Waals surface area contributed by atoms with Gasteiger partial charge in [-0.15, -0.1) is 11.8 Å². The lowest BCUT2D eigenvalue weighted by Gasteiger charge is -2.13. The van der Waals surface area contributed by atoms with Gasteiger partial charge in [0.15, 0.2) is 0 Å². The molecule has 1 heterocycles. The summed E-state index contributed by atoms with van der Waals surface area (Å²) in [6.45, 7) is 4.44. The minimum atomic E-state index is 0.0578. The summed E-state index contributed by atoms with van der Waals surface area (Å²) in [5.74, 6) is 14.3. The third kappa shape index (κ3) is 6.01. The van der Waals surface area contributed by atoms with Crippen LogP contribution in [0.3, 0.4) is 0 Å². The topological polar surface area (TPSA) is 4.93 Å². The van der Waals surface area contributed by atoms with Crippen molar-refractivity contribution in [2.45, 2.75) is 64.2 Å². The molecular formula is C39H39N. The van der Waals surface area contributed by atoms with E-state index in [0.29, 0.717) is 0 Å². The van der Waals surface area contributed by atoms with Crippen LogP contribution in [0.4, 0.5) is 0 Å². The largest absolute Gasteiger partial charge is 0.344 e. The Morgan fingerprint density at radius 3 is 1.38 bits per heavy atom. The summed E-state index contributed by atoms with van der Waals surface area (Å²) in [5.41, 5.74) is 7.48. The summed E-state index contributed by atoms with van der Waals surface area (Å²) in [5, 5.41) is 2.55. The van der Waals surface area contributed by atoms with Gasteiger partial charge in [0.25, 0.3) is 0 Å². The van der Waals surface area contributed by atoms with Crippen LogP contribution in [-0.2, 0) is 7.05 Å². The van der Waals surface area contributed by atoms with E-state index >= 15 is 0 Å². The number of hydrogen-bond acceptors (Lipinski definition) is 0.